The molecule has 0 bridgehead atoms. The number of carbonyl (C=O) groups is 1. The largest absolute Gasteiger partial charge is 0.295 e. The van der Waals surface area contributed by atoms with Gasteiger partial charge in [-0.2, -0.15) is 0 Å². The first-order valence-corrected chi connectivity index (χ1v) is 8.44. The van der Waals surface area contributed by atoms with Crippen molar-refractivity contribution in [1.82, 2.24) is 0 Å². The second-order valence-corrected chi connectivity index (χ2v) is 6.21. The van der Waals surface area contributed by atoms with Crippen molar-refractivity contribution in [2.75, 3.05) is 0 Å². The minimum atomic E-state index is -0.197. The fourth-order valence-electron chi connectivity index (χ4n) is 2.14. The molecule has 0 saturated carbocycles. The smallest absolute Gasteiger partial charge is 0.155 e. The van der Waals surface area contributed by atoms with Crippen LogP contribution in [0, 0.1) is 19.7 Å². The molecule has 0 amide bonds. The van der Waals surface area contributed by atoms with E-state index in [0.717, 1.165) is 28.7 Å². The maximum atomic E-state index is 12.4. The molecule has 0 aliphatic carbocycles. The first kappa shape index (κ1) is 20.6. The van der Waals surface area contributed by atoms with E-state index < -0.39 is 0 Å². The van der Waals surface area contributed by atoms with Crippen LogP contribution in [-0.4, -0.2) is 5.78 Å². The number of ketones is 1. The molecule has 0 saturated heterocycles. The van der Waals surface area contributed by atoms with Crippen LogP contribution in [0.15, 0.2) is 54.6 Å². The quantitative estimate of drug-likeness (QED) is 0.578. The van der Waals surface area contributed by atoms with Crippen LogP contribution >= 0.6 is 0 Å². The van der Waals surface area contributed by atoms with Gasteiger partial charge in [-0.25, -0.2) is 4.39 Å². The van der Waals surface area contributed by atoms with Crippen molar-refractivity contribution in [3.8, 4) is 0 Å². The van der Waals surface area contributed by atoms with Crippen molar-refractivity contribution in [2.45, 2.75) is 41.0 Å². The van der Waals surface area contributed by atoms with Crippen molar-refractivity contribution in [2.24, 2.45) is 0 Å². The highest BCUT2D eigenvalue weighted by Crippen LogP contribution is 2.15. The molecule has 2 aromatic carbocycles. The Hall–Kier alpha value is -2.48. The van der Waals surface area contributed by atoms with Crippen molar-refractivity contribution in [3.05, 3.63) is 82.7 Å². The highest BCUT2D eigenvalue weighted by Gasteiger charge is 1.99. The summed E-state index contributed by atoms with van der Waals surface area (Å²) in [5.74, 6) is -0.0661. The third-order valence-electron chi connectivity index (χ3n) is 4.04. The zero-order valence-electron chi connectivity index (χ0n) is 15.8. The summed E-state index contributed by atoms with van der Waals surface area (Å²) in [6.07, 6.45) is 2.86. The summed E-state index contributed by atoms with van der Waals surface area (Å²) in [7, 11) is 0. The van der Waals surface area contributed by atoms with Gasteiger partial charge in [0.2, 0.25) is 0 Å². The lowest BCUT2D eigenvalue weighted by Crippen LogP contribution is -1.92. The molecule has 0 radical (unpaired) electrons. The minimum Gasteiger partial charge on any atom is -0.295 e. The van der Waals surface area contributed by atoms with E-state index in [4.69, 9.17) is 0 Å². The van der Waals surface area contributed by atoms with Crippen LogP contribution in [0.3, 0.4) is 0 Å². The van der Waals surface area contributed by atoms with E-state index in [1.165, 1.54) is 23.3 Å². The Balaban J connectivity index is 0.000000257. The zero-order chi connectivity index (χ0) is 19.0. The third kappa shape index (κ3) is 6.88. The monoisotopic (exact) mass is 338 g/mol. The fraction of sp³-hybridized carbons (Fsp3) is 0.261. The minimum absolute atomic E-state index is 0.130. The Morgan fingerprint density at radius 3 is 2.20 bits per heavy atom. The molecule has 0 aliphatic rings. The van der Waals surface area contributed by atoms with Gasteiger partial charge in [0, 0.05) is 0 Å². The predicted octanol–water partition coefficient (Wildman–Crippen LogP) is 6.54. The molecular formula is C23H27FO. The van der Waals surface area contributed by atoms with Gasteiger partial charge in [-0.1, -0.05) is 49.4 Å². The van der Waals surface area contributed by atoms with Crippen LogP contribution in [-0.2, 0) is 4.79 Å². The SMILES string of the molecule is C=C(CC)c1ccc(F)cc1.CC(=O)/C(C)=C/c1cc(C)ccc1C. The molecule has 2 aromatic rings. The molecule has 25 heavy (non-hydrogen) atoms. The average Bonchev–Trinajstić information content (AvgIpc) is 2.58. The predicted molar refractivity (Wildman–Crippen MR) is 106 cm³/mol. The van der Waals surface area contributed by atoms with Gasteiger partial charge in [0.1, 0.15) is 5.82 Å². The second kappa shape index (κ2) is 9.73. The van der Waals surface area contributed by atoms with E-state index in [0.29, 0.717) is 0 Å². The number of carbonyl (C=O) groups excluding carboxylic acids is 1. The van der Waals surface area contributed by atoms with E-state index >= 15 is 0 Å². The Bertz CT molecular complexity index is 767. The highest BCUT2D eigenvalue weighted by atomic mass is 19.1. The van der Waals surface area contributed by atoms with Crippen molar-refractivity contribution >= 4 is 17.4 Å². The third-order valence-corrected chi connectivity index (χ3v) is 4.04. The lowest BCUT2D eigenvalue weighted by molar-refractivity contribution is -0.113. The van der Waals surface area contributed by atoms with Crippen LogP contribution in [0.25, 0.3) is 11.6 Å². The summed E-state index contributed by atoms with van der Waals surface area (Å²) in [6.45, 7) is 13.4. The van der Waals surface area contributed by atoms with Gasteiger partial charge in [0.05, 0.1) is 0 Å². The molecule has 0 heterocycles. The van der Waals surface area contributed by atoms with Crippen LogP contribution in [0.1, 0.15) is 49.4 Å². The maximum absolute atomic E-state index is 12.4. The molecule has 0 aromatic heterocycles. The zero-order valence-corrected chi connectivity index (χ0v) is 15.8. The molecule has 132 valence electrons. The highest BCUT2D eigenvalue weighted by molar-refractivity contribution is 5.97. The first-order valence-electron chi connectivity index (χ1n) is 8.44. The topological polar surface area (TPSA) is 17.1 Å². The molecule has 0 atom stereocenters. The van der Waals surface area contributed by atoms with Crippen LogP contribution < -0.4 is 0 Å². The lowest BCUT2D eigenvalue weighted by atomic mass is 10.0. The van der Waals surface area contributed by atoms with Gasteiger partial charge in [0.15, 0.2) is 5.78 Å². The van der Waals surface area contributed by atoms with E-state index in [1.807, 2.05) is 19.9 Å². The molecule has 0 aliphatic heterocycles. The summed E-state index contributed by atoms with van der Waals surface area (Å²) in [6, 6.07) is 12.7. The molecule has 0 spiro atoms. The van der Waals surface area contributed by atoms with Crippen molar-refractivity contribution < 1.29 is 9.18 Å². The molecule has 0 N–H and O–H groups in total. The number of hydrogen-bond donors (Lipinski definition) is 0. The van der Waals surface area contributed by atoms with Gasteiger partial charge in [-0.3, -0.25) is 4.79 Å². The van der Waals surface area contributed by atoms with E-state index in [1.54, 1.807) is 19.1 Å². The Morgan fingerprint density at radius 2 is 1.68 bits per heavy atom. The average molecular weight is 338 g/mol. The molecule has 1 nitrogen and oxygen atoms in total. The summed E-state index contributed by atoms with van der Waals surface area (Å²) in [5.41, 5.74) is 6.43. The number of rotatable bonds is 4. The van der Waals surface area contributed by atoms with E-state index in [9.17, 15) is 9.18 Å². The molecule has 0 unspecified atom stereocenters. The van der Waals surface area contributed by atoms with Crippen LogP contribution in [0.5, 0.6) is 0 Å². The van der Waals surface area contributed by atoms with Gasteiger partial charge in [0.25, 0.3) is 0 Å². The summed E-state index contributed by atoms with van der Waals surface area (Å²) >= 11 is 0. The van der Waals surface area contributed by atoms with Crippen LogP contribution in [0.2, 0.25) is 0 Å². The van der Waals surface area contributed by atoms with Crippen molar-refractivity contribution in [1.29, 1.82) is 0 Å². The fourth-order valence-corrected chi connectivity index (χ4v) is 2.14. The number of hydrogen-bond acceptors (Lipinski definition) is 1. The summed E-state index contributed by atoms with van der Waals surface area (Å²) < 4.78 is 12.4. The summed E-state index contributed by atoms with van der Waals surface area (Å²) in [4.78, 5) is 11.1. The normalized spacial score (nSPS) is 10.7. The number of Topliss-reactive ketones (excluding diaryl/α,β-unsaturated/α-hetero) is 1. The van der Waals surface area contributed by atoms with E-state index in [-0.39, 0.29) is 11.6 Å². The van der Waals surface area contributed by atoms with Gasteiger partial charge in [-0.05, 0) is 80.2 Å². The van der Waals surface area contributed by atoms with Gasteiger partial charge >= 0.3 is 0 Å². The van der Waals surface area contributed by atoms with E-state index in [2.05, 4.69) is 38.6 Å². The Morgan fingerprint density at radius 1 is 1.08 bits per heavy atom. The molecular weight excluding hydrogens is 311 g/mol. The molecule has 2 heteroatoms. The lowest BCUT2D eigenvalue weighted by Gasteiger charge is -2.03. The molecule has 2 rings (SSSR count). The van der Waals surface area contributed by atoms with Gasteiger partial charge in [-0.15, -0.1) is 0 Å². The standard InChI is InChI=1S/C13H16O.C10H11F/c1-9-5-6-10(2)13(7-9)8-11(3)12(4)14;1-3-8(2)9-4-6-10(11)7-5-9/h5-8H,1-4H3;4-7H,2-3H2,1H3/b11-8+;. The number of aryl methyl sites for hydroxylation is 2. The Labute approximate surface area is 150 Å². The number of benzene rings is 2. The number of halogens is 1. The molecule has 0 fully saturated rings. The Kier molecular flexibility index (Phi) is 8.00. The summed E-state index contributed by atoms with van der Waals surface area (Å²) in [5, 5.41) is 0. The second-order valence-electron chi connectivity index (χ2n) is 6.21. The van der Waals surface area contributed by atoms with Gasteiger partial charge < -0.3 is 0 Å². The first-order chi connectivity index (χ1) is 11.7. The maximum Gasteiger partial charge on any atom is 0.155 e. The van der Waals surface area contributed by atoms with Crippen LogP contribution in [0.4, 0.5) is 4.39 Å². The number of allylic oxidation sites excluding steroid dienone is 2. The van der Waals surface area contributed by atoms with Crippen molar-refractivity contribution in [3.63, 3.8) is 0 Å².